The Morgan fingerprint density at radius 3 is 2.30 bits per heavy atom. The molecule has 2 rings (SSSR count). The Hall–Kier alpha value is -1.67. The zero-order valence-electron chi connectivity index (χ0n) is 12.6. The van der Waals surface area contributed by atoms with E-state index in [1.54, 1.807) is 6.07 Å². The van der Waals surface area contributed by atoms with Crippen LogP contribution in [-0.4, -0.2) is 6.54 Å². The maximum Gasteiger partial charge on any atom is 0.131 e. The van der Waals surface area contributed by atoms with Crippen LogP contribution in [0.2, 0.25) is 0 Å². The molecular formula is C18H22FN. The summed E-state index contributed by atoms with van der Waals surface area (Å²) in [5.41, 5.74) is 4.81. The summed E-state index contributed by atoms with van der Waals surface area (Å²) in [5.74, 6) is -0.144. The molecule has 0 aliphatic heterocycles. The Balaban J connectivity index is 2.35. The van der Waals surface area contributed by atoms with Gasteiger partial charge in [0.1, 0.15) is 5.82 Å². The highest BCUT2D eigenvalue weighted by Gasteiger charge is 2.10. The molecule has 2 aromatic carbocycles. The van der Waals surface area contributed by atoms with Gasteiger partial charge in [0.2, 0.25) is 0 Å². The van der Waals surface area contributed by atoms with Crippen LogP contribution in [-0.2, 0) is 0 Å². The third-order valence-corrected chi connectivity index (χ3v) is 3.64. The fourth-order valence-electron chi connectivity index (χ4n) is 2.64. The molecule has 0 aliphatic rings. The molecule has 2 heteroatoms. The highest BCUT2D eigenvalue weighted by molar-refractivity contribution is 5.68. The van der Waals surface area contributed by atoms with Gasteiger partial charge in [-0.1, -0.05) is 37.3 Å². The molecule has 0 amide bonds. The minimum atomic E-state index is -0.144. The number of hydrogen-bond donors (Lipinski definition) is 1. The Labute approximate surface area is 120 Å². The lowest BCUT2D eigenvalue weighted by Gasteiger charge is -2.14. The lowest BCUT2D eigenvalue weighted by molar-refractivity contribution is 0.598. The molecule has 0 spiro atoms. The van der Waals surface area contributed by atoms with Crippen molar-refractivity contribution in [2.24, 2.45) is 0 Å². The van der Waals surface area contributed by atoms with Crippen molar-refractivity contribution in [3.05, 3.63) is 58.9 Å². The van der Waals surface area contributed by atoms with E-state index in [2.05, 4.69) is 31.3 Å². The Kier molecular flexibility index (Phi) is 4.56. The third kappa shape index (κ3) is 3.07. The first-order valence-corrected chi connectivity index (χ1v) is 7.13. The molecule has 0 aromatic heterocycles. The third-order valence-electron chi connectivity index (χ3n) is 3.64. The molecule has 1 atom stereocenters. The molecule has 0 saturated carbocycles. The minimum absolute atomic E-state index is 0.144. The van der Waals surface area contributed by atoms with Gasteiger partial charge in [-0.3, -0.25) is 0 Å². The van der Waals surface area contributed by atoms with Gasteiger partial charge in [-0.25, -0.2) is 4.39 Å². The van der Waals surface area contributed by atoms with Gasteiger partial charge in [-0.15, -0.1) is 0 Å². The zero-order valence-corrected chi connectivity index (χ0v) is 12.6. The molecule has 0 saturated heterocycles. The summed E-state index contributed by atoms with van der Waals surface area (Å²) in [6.45, 7) is 9.04. The maximum absolute atomic E-state index is 14.2. The highest BCUT2D eigenvalue weighted by atomic mass is 19.1. The summed E-state index contributed by atoms with van der Waals surface area (Å²) in [4.78, 5) is 0. The van der Waals surface area contributed by atoms with Crippen molar-refractivity contribution in [1.82, 2.24) is 5.32 Å². The largest absolute Gasteiger partial charge is 0.310 e. The lowest BCUT2D eigenvalue weighted by atomic mass is 9.96. The highest BCUT2D eigenvalue weighted by Crippen LogP contribution is 2.28. The van der Waals surface area contributed by atoms with Crippen LogP contribution >= 0.6 is 0 Å². The number of halogens is 1. The van der Waals surface area contributed by atoms with Crippen LogP contribution < -0.4 is 5.32 Å². The monoisotopic (exact) mass is 271 g/mol. The van der Waals surface area contributed by atoms with E-state index >= 15 is 0 Å². The van der Waals surface area contributed by atoms with Crippen molar-refractivity contribution < 1.29 is 4.39 Å². The van der Waals surface area contributed by atoms with Crippen molar-refractivity contribution in [2.45, 2.75) is 33.7 Å². The SMILES string of the molecule is CCNC(C)c1ccc(-c2c(C)cc(C)cc2F)cc1. The molecule has 0 heterocycles. The van der Waals surface area contributed by atoms with E-state index in [1.165, 1.54) is 5.56 Å². The van der Waals surface area contributed by atoms with Gasteiger partial charge in [0, 0.05) is 11.6 Å². The summed E-state index contributed by atoms with van der Waals surface area (Å²) in [6.07, 6.45) is 0. The van der Waals surface area contributed by atoms with Crippen molar-refractivity contribution in [3.63, 3.8) is 0 Å². The number of hydrogen-bond acceptors (Lipinski definition) is 1. The molecule has 1 unspecified atom stereocenters. The summed E-state index contributed by atoms with van der Waals surface area (Å²) in [5, 5.41) is 3.38. The van der Waals surface area contributed by atoms with Crippen LogP contribution in [0.5, 0.6) is 0 Å². The van der Waals surface area contributed by atoms with Crippen molar-refractivity contribution in [1.29, 1.82) is 0 Å². The average Bonchev–Trinajstić information content (AvgIpc) is 2.38. The summed E-state index contributed by atoms with van der Waals surface area (Å²) in [6, 6.07) is 12.1. The predicted octanol–water partition coefficient (Wildman–Crippen LogP) is 4.78. The van der Waals surface area contributed by atoms with E-state index in [-0.39, 0.29) is 5.82 Å². The molecule has 106 valence electrons. The van der Waals surface area contributed by atoms with Gasteiger partial charge in [-0.2, -0.15) is 0 Å². The van der Waals surface area contributed by atoms with E-state index in [1.807, 2.05) is 32.0 Å². The van der Waals surface area contributed by atoms with Gasteiger partial charge in [-0.05, 0) is 55.6 Å². The van der Waals surface area contributed by atoms with Crippen molar-refractivity contribution in [2.75, 3.05) is 6.54 Å². The minimum Gasteiger partial charge on any atom is -0.310 e. The summed E-state index contributed by atoms with van der Waals surface area (Å²) < 4.78 is 14.2. The van der Waals surface area contributed by atoms with E-state index in [0.717, 1.165) is 23.2 Å². The number of benzene rings is 2. The van der Waals surface area contributed by atoms with Crippen molar-refractivity contribution >= 4 is 0 Å². The fourth-order valence-corrected chi connectivity index (χ4v) is 2.64. The summed E-state index contributed by atoms with van der Waals surface area (Å²) in [7, 11) is 0. The second-order valence-electron chi connectivity index (χ2n) is 5.34. The van der Waals surface area contributed by atoms with Gasteiger partial charge in [0.25, 0.3) is 0 Å². The molecule has 20 heavy (non-hydrogen) atoms. The van der Waals surface area contributed by atoms with Gasteiger partial charge < -0.3 is 5.32 Å². The predicted molar refractivity (Wildman–Crippen MR) is 83.4 cm³/mol. The van der Waals surface area contributed by atoms with Crippen LogP contribution in [0.3, 0.4) is 0 Å². The first-order chi connectivity index (χ1) is 9.52. The maximum atomic E-state index is 14.2. The van der Waals surface area contributed by atoms with Crippen LogP contribution in [0.15, 0.2) is 36.4 Å². The molecule has 1 N–H and O–H groups in total. The Morgan fingerprint density at radius 2 is 1.75 bits per heavy atom. The average molecular weight is 271 g/mol. The lowest BCUT2D eigenvalue weighted by Crippen LogP contribution is -2.17. The smallest absolute Gasteiger partial charge is 0.131 e. The van der Waals surface area contributed by atoms with Crippen molar-refractivity contribution in [3.8, 4) is 11.1 Å². The molecule has 0 fully saturated rings. The van der Waals surface area contributed by atoms with E-state index in [4.69, 9.17) is 0 Å². The number of rotatable bonds is 4. The Bertz CT molecular complexity index is 564. The van der Waals surface area contributed by atoms with Gasteiger partial charge in [0.15, 0.2) is 0 Å². The normalized spacial score (nSPS) is 12.4. The topological polar surface area (TPSA) is 12.0 Å². The second-order valence-corrected chi connectivity index (χ2v) is 5.34. The molecule has 0 bridgehead atoms. The van der Waals surface area contributed by atoms with Crippen LogP contribution in [0, 0.1) is 19.7 Å². The van der Waals surface area contributed by atoms with Gasteiger partial charge >= 0.3 is 0 Å². The first kappa shape index (κ1) is 14.7. The molecule has 0 radical (unpaired) electrons. The van der Waals surface area contributed by atoms with E-state index < -0.39 is 0 Å². The van der Waals surface area contributed by atoms with E-state index in [0.29, 0.717) is 11.6 Å². The standard InChI is InChI=1S/C18H22FN/c1-5-20-14(4)15-6-8-16(9-7-15)18-13(3)10-12(2)11-17(18)19/h6-11,14,20H,5H2,1-4H3. The number of nitrogens with one attached hydrogen (secondary N) is 1. The second kappa shape index (κ2) is 6.19. The fraction of sp³-hybridized carbons (Fsp3) is 0.333. The summed E-state index contributed by atoms with van der Waals surface area (Å²) >= 11 is 0. The van der Waals surface area contributed by atoms with Crippen LogP contribution in [0.1, 0.15) is 36.6 Å². The van der Waals surface area contributed by atoms with Crippen LogP contribution in [0.4, 0.5) is 4.39 Å². The first-order valence-electron chi connectivity index (χ1n) is 7.13. The zero-order chi connectivity index (χ0) is 14.7. The Morgan fingerprint density at radius 1 is 1.10 bits per heavy atom. The quantitative estimate of drug-likeness (QED) is 0.843. The molecule has 1 nitrogen and oxygen atoms in total. The number of aryl methyl sites for hydroxylation is 2. The van der Waals surface area contributed by atoms with E-state index in [9.17, 15) is 4.39 Å². The molecule has 0 aliphatic carbocycles. The van der Waals surface area contributed by atoms with Crippen LogP contribution in [0.25, 0.3) is 11.1 Å². The molecule has 2 aromatic rings. The van der Waals surface area contributed by atoms with Gasteiger partial charge in [0.05, 0.1) is 0 Å². The molecular weight excluding hydrogens is 249 g/mol.